The van der Waals surface area contributed by atoms with E-state index in [9.17, 15) is 9.59 Å². The number of hydrogen-bond acceptors (Lipinski definition) is 6. The van der Waals surface area contributed by atoms with Crippen molar-refractivity contribution in [2.75, 3.05) is 33.3 Å². The van der Waals surface area contributed by atoms with Crippen LogP contribution < -0.4 is 5.32 Å². The monoisotopic (exact) mass is 404 g/mol. The molecular formula is C20H28N4O3S. The number of fused-ring (bicyclic) bond motifs is 1. The van der Waals surface area contributed by atoms with Crippen molar-refractivity contribution in [3.63, 3.8) is 0 Å². The average molecular weight is 405 g/mol. The Morgan fingerprint density at radius 2 is 2.07 bits per heavy atom. The number of nitrogens with zero attached hydrogens (tertiary/aromatic N) is 3. The molecule has 152 valence electrons. The molecule has 0 radical (unpaired) electrons. The van der Waals surface area contributed by atoms with E-state index in [-0.39, 0.29) is 24.1 Å². The van der Waals surface area contributed by atoms with E-state index in [1.807, 2.05) is 30.1 Å². The smallest absolute Gasteiger partial charge is 0.409 e. The number of carbonyl (C=O) groups excluding carboxylic acids is 2. The molecule has 1 fully saturated rings. The van der Waals surface area contributed by atoms with Crippen LogP contribution in [0.25, 0.3) is 10.2 Å². The van der Waals surface area contributed by atoms with Crippen molar-refractivity contribution in [1.29, 1.82) is 0 Å². The number of amides is 2. The number of piperidine rings is 1. The number of hydrogen-bond donors (Lipinski definition) is 1. The van der Waals surface area contributed by atoms with E-state index in [1.165, 1.54) is 0 Å². The van der Waals surface area contributed by atoms with Gasteiger partial charge in [0.05, 0.1) is 29.4 Å². The fraction of sp³-hybridized carbons (Fsp3) is 0.550. The van der Waals surface area contributed by atoms with Crippen LogP contribution in [-0.4, -0.2) is 66.1 Å². The fourth-order valence-corrected chi connectivity index (χ4v) is 4.40. The van der Waals surface area contributed by atoms with Gasteiger partial charge in [-0.05, 0) is 45.9 Å². The molecule has 0 bridgehead atoms. The lowest BCUT2D eigenvalue weighted by atomic mass is 10.1. The molecule has 28 heavy (non-hydrogen) atoms. The van der Waals surface area contributed by atoms with E-state index in [0.717, 1.165) is 28.1 Å². The standard InChI is InChI=1S/C20H28N4O3S/c1-4-27-20(26)24-11-9-15(10-12-24)21-18(25)13-23(3)14(2)19-22-16-7-5-6-8-17(16)28-19/h5-8,14-15H,4,9-13H2,1-3H3,(H,21,25)/t14-/m0/s1. The zero-order valence-corrected chi connectivity index (χ0v) is 17.5. The van der Waals surface area contributed by atoms with E-state index in [1.54, 1.807) is 23.2 Å². The second kappa shape index (κ2) is 9.34. The number of para-hydroxylation sites is 1. The van der Waals surface area contributed by atoms with Crippen LogP contribution in [0.15, 0.2) is 24.3 Å². The SMILES string of the molecule is CCOC(=O)N1CCC(NC(=O)CN(C)[C@@H](C)c2nc3ccccc3s2)CC1. The van der Waals surface area contributed by atoms with Gasteiger partial charge in [0.25, 0.3) is 0 Å². The van der Waals surface area contributed by atoms with Crippen LogP contribution in [0, 0.1) is 0 Å². The maximum absolute atomic E-state index is 12.5. The highest BCUT2D eigenvalue weighted by molar-refractivity contribution is 7.18. The van der Waals surface area contributed by atoms with Crippen molar-refractivity contribution < 1.29 is 14.3 Å². The molecular weight excluding hydrogens is 376 g/mol. The average Bonchev–Trinajstić information content (AvgIpc) is 3.12. The van der Waals surface area contributed by atoms with Crippen molar-refractivity contribution in [3.05, 3.63) is 29.3 Å². The molecule has 2 amide bonds. The molecule has 7 nitrogen and oxygen atoms in total. The number of rotatable bonds is 6. The lowest BCUT2D eigenvalue weighted by molar-refractivity contribution is -0.123. The van der Waals surface area contributed by atoms with Gasteiger partial charge in [-0.25, -0.2) is 9.78 Å². The molecule has 0 spiro atoms. The van der Waals surface area contributed by atoms with Crippen molar-refractivity contribution in [3.8, 4) is 0 Å². The van der Waals surface area contributed by atoms with Crippen LogP contribution in [0.1, 0.15) is 37.7 Å². The van der Waals surface area contributed by atoms with Crippen LogP contribution in [0.5, 0.6) is 0 Å². The predicted octanol–water partition coefficient (Wildman–Crippen LogP) is 3.03. The zero-order valence-electron chi connectivity index (χ0n) is 16.7. The minimum Gasteiger partial charge on any atom is -0.450 e. The molecule has 1 atom stereocenters. The van der Waals surface area contributed by atoms with Gasteiger partial charge in [-0.3, -0.25) is 9.69 Å². The first-order valence-corrected chi connectivity index (χ1v) is 10.6. The Balaban J connectivity index is 1.47. The predicted molar refractivity (Wildman–Crippen MR) is 110 cm³/mol. The number of nitrogens with one attached hydrogen (secondary N) is 1. The van der Waals surface area contributed by atoms with E-state index >= 15 is 0 Å². The van der Waals surface area contributed by atoms with Crippen LogP contribution >= 0.6 is 11.3 Å². The third-order valence-electron chi connectivity index (χ3n) is 5.11. The summed E-state index contributed by atoms with van der Waals surface area (Å²) in [5.74, 6) is 0.00467. The van der Waals surface area contributed by atoms with Crippen molar-refractivity contribution >= 4 is 33.6 Å². The maximum atomic E-state index is 12.5. The normalized spacial score (nSPS) is 16.4. The first-order valence-electron chi connectivity index (χ1n) is 9.74. The highest BCUT2D eigenvalue weighted by atomic mass is 32.1. The number of thiazole rings is 1. The van der Waals surface area contributed by atoms with Gasteiger partial charge in [0.1, 0.15) is 5.01 Å². The lowest BCUT2D eigenvalue weighted by Crippen LogP contribution is -2.48. The summed E-state index contributed by atoms with van der Waals surface area (Å²) in [6.07, 6.45) is 1.24. The largest absolute Gasteiger partial charge is 0.450 e. The van der Waals surface area contributed by atoms with E-state index in [2.05, 4.69) is 18.3 Å². The molecule has 1 aliphatic rings. The van der Waals surface area contributed by atoms with Gasteiger partial charge in [-0.15, -0.1) is 11.3 Å². The van der Waals surface area contributed by atoms with Crippen molar-refractivity contribution in [1.82, 2.24) is 20.1 Å². The number of aromatic nitrogens is 1. The molecule has 0 saturated carbocycles. The molecule has 0 aliphatic carbocycles. The van der Waals surface area contributed by atoms with Crippen LogP contribution in [0.2, 0.25) is 0 Å². The molecule has 8 heteroatoms. The summed E-state index contributed by atoms with van der Waals surface area (Å²) < 4.78 is 6.19. The molecule has 1 aromatic carbocycles. The second-order valence-electron chi connectivity index (χ2n) is 7.14. The summed E-state index contributed by atoms with van der Waals surface area (Å²) in [7, 11) is 1.94. The topological polar surface area (TPSA) is 74.8 Å². The fourth-order valence-electron chi connectivity index (χ4n) is 3.32. The summed E-state index contributed by atoms with van der Waals surface area (Å²) in [6.45, 7) is 5.80. The maximum Gasteiger partial charge on any atom is 0.409 e. The first kappa shape index (κ1) is 20.5. The molecule has 2 heterocycles. The molecule has 3 rings (SSSR count). The lowest BCUT2D eigenvalue weighted by Gasteiger charge is -2.32. The minimum atomic E-state index is -0.267. The van der Waals surface area contributed by atoms with Gasteiger partial charge in [0, 0.05) is 19.1 Å². The molecule has 1 N–H and O–H groups in total. The Morgan fingerprint density at radius 1 is 1.36 bits per heavy atom. The van der Waals surface area contributed by atoms with Gasteiger partial charge >= 0.3 is 6.09 Å². The summed E-state index contributed by atoms with van der Waals surface area (Å²) in [4.78, 5) is 32.6. The summed E-state index contributed by atoms with van der Waals surface area (Å²) >= 11 is 1.67. The van der Waals surface area contributed by atoms with E-state index in [4.69, 9.17) is 9.72 Å². The van der Waals surface area contributed by atoms with Gasteiger partial charge in [-0.1, -0.05) is 12.1 Å². The Labute approximate surface area is 169 Å². The van der Waals surface area contributed by atoms with Crippen LogP contribution in [-0.2, 0) is 9.53 Å². The van der Waals surface area contributed by atoms with Gasteiger partial charge in [0.15, 0.2) is 0 Å². The number of ether oxygens (including phenoxy) is 1. The Bertz CT molecular complexity index is 784. The first-order chi connectivity index (χ1) is 13.5. The number of carbonyl (C=O) groups is 2. The third-order valence-corrected chi connectivity index (χ3v) is 6.31. The zero-order chi connectivity index (χ0) is 20.1. The molecule has 2 aromatic rings. The third kappa shape index (κ3) is 4.99. The molecule has 1 aliphatic heterocycles. The molecule has 0 unspecified atom stereocenters. The van der Waals surface area contributed by atoms with Crippen LogP contribution in [0.4, 0.5) is 4.79 Å². The van der Waals surface area contributed by atoms with E-state index < -0.39 is 0 Å². The van der Waals surface area contributed by atoms with E-state index in [0.29, 0.717) is 26.2 Å². The minimum absolute atomic E-state index is 0.00467. The molecule has 1 aromatic heterocycles. The van der Waals surface area contributed by atoms with Gasteiger partial charge in [0.2, 0.25) is 5.91 Å². The number of likely N-dealkylation sites (tertiary alicyclic amines) is 1. The van der Waals surface area contributed by atoms with Crippen LogP contribution in [0.3, 0.4) is 0 Å². The van der Waals surface area contributed by atoms with Gasteiger partial charge in [-0.2, -0.15) is 0 Å². The number of likely N-dealkylation sites (N-methyl/N-ethyl adjacent to an activating group) is 1. The molecule has 1 saturated heterocycles. The highest BCUT2D eigenvalue weighted by Crippen LogP contribution is 2.28. The Morgan fingerprint density at radius 3 is 2.75 bits per heavy atom. The number of benzene rings is 1. The summed E-state index contributed by atoms with van der Waals surface area (Å²) in [6, 6.07) is 8.24. The summed E-state index contributed by atoms with van der Waals surface area (Å²) in [5, 5.41) is 4.11. The Hall–Kier alpha value is -2.19. The van der Waals surface area contributed by atoms with Crippen molar-refractivity contribution in [2.45, 2.75) is 38.8 Å². The van der Waals surface area contributed by atoms with Crippen molar-refractivity contribution in [2.24, 2.45) is 0 Å². The second-order valence-corrected chi connectivity index (χ2v) is 8.20. The van der Waals surface area contributed by atoms with Gasteiger partial charge < -0.3 is 15.0 Å². The highest BCUT2D eigenvalue weighted by Gasteiger charge is 2.25. The Kier molecular flexibility index (Phi) is 6.85. The summed E-state index contributed by atoms with van der Waals surface area (Å²) in [5.41, 5.74) is 1.00. The quantitative estimate of drug-likeness (QED) is 0.801.